The van der Waals surface area contributed by atoms with Crippen LogP contribution in [0.1, 0.15) is 38.1 Å². The van der Waals surface area contributed by atoms with E-state index in [-0.39, 0.29) is 22.5 Å². The Morgan fingerprint density at radius 3 is 2.52 bits per heavy atom. The molecule has 1 aliphatic rings. The highest BCUT2D eigenvalue weighted by molar-refractivity contribution is 9.10. The Balaban J connectivity index is 2.11. The molecule has 0 N–H and O–H groups in total. The maximum atomic E-state index is 13.6. The number of benzene rings is 1. The summed E-state index contributed by atoms with van der Waals surface area (Å²) >= 11 is 9.28. The van der Waals surface area contributed by atoms with E-state index in [9.17, 15) is 14.0 Å². The fourth-order valence-corrected chi connectivity index (χ4v) is 3.24. The van der Waals surface area contributed by atoms with Crippen molar-refractivity contribution < 1.29 is 18.7 Å². The first-order chi connectivity index (χ1) is 11.5. The Bertz CT molecular complexity index is 693. The van der Waals surface area contributed by atoms with E-state index in [1.165, 1.54) is 6.07 Å². The van der Waals surface area contributed by atoms with Gasteiger partial charge in [-0.3, -0.25) is 4.79 Å². The van der Waals surface area contributed by atoms with Gasteiger partial charge in [0.2, 0.25) is 0 Å². The van der Waals surface area contributed by atoms with Gasteiger partial charge in [-0.15, -0.1) is 0 Å². The zero-order valence-corrected chi connectivity index (χ0v) is 16.9. The van der Waals surface area contributed by atoms with E-state index >= 15 is 0 Å². The largest absolute Gasteiger partial charge is 0.444 e. The predicted octanol–water partition coefficient (Wildman–Crippen LogP) is 4.32. The minimum absolute atomic E-state index is 0.103. The van der Waals surface area contributed by atoms with Gasteiger partial charge in [0, 0.05) is 30.1 Å². The van der Waals surface area contributed by atoms with Crippen molar-refractivity contribution in [3.05, 3.63) is 33.0 Å². The highest BCUT2D eigenvalue weighted by atomic mass is 79.9. The lowest BCUT2D eigenvalue weighted by molar-refractivity contribution is 0.00617. The zero-order chi connectivity index (χ0) is 18.9. The molecule has 0 unspecified atom stereocenters. The van der Waals surface area contributed by atoms with Crippen LogP contribution in [0.25, 0.3) is 0 Å². The Morgan fingerprint density at radius 2 is 1.96 bits per heavy atom. The van der Waals surface area contributed by atoms with Crippen LogP contribution in [-0.2, 0) is 4.74 Å². The smallest absolute Gasteiger partial charge is 0.410 e. The van der Waals surface area contributed by atoms with E-state index in [1.807, 2.05) is 6.92 Å². The number of carbonyl (C=O) groups excluding carboxylic acids is 2. The third-order valence-corrected chi connectivity index (χ3v) is 5.02. The fourth-order valence-electron chi connectivity index (χ4n) is 2.62. The summed E-state index contributed by atoms with van der Waals surface area (Å²) in [4.78, 5) is 28.1. The SMILES string of the molecule is C[C@H]1CN(C(=O)OC(C)(C)C)CCN1C(=O)c1cc(F)cc(Br)c1Cl. The number of hydrogen-bond donors (Lipinski definition) is 0. The van der Waals surface area contributed by atoms with Crippen LogP contribution >= 0.6 is 27.5 Å². The molecule has 25 heavy (non-hydrogen) atoms. The standard InChI is InChI=1S/C17H21BrClFN2O3/c1-10-9-21(16(24)25-17(2,3)4)5-6-22(10)15(23)12-7-11(20)8-13(18)14(12)19/h7-8,10H,5-6,9H2,1-4H3/t10-/m0/s1. The number of hydrogen-bond acceptors (Lipinski definition) is 3. The van der Waals surface area contributed by atoms with Crippen LogP contribution in [0.4, 0.5) is 9.18 Å². The number of rotatable bonds is 1. The third kappa shape index (κ3) is 4.85. The van der Waals surface area contributed by atoms with E-state index in [4.69, 9.17) is 16.3 Å². The normalized spacial score (nSPS) is 18.3. The van der Waals surface area contributed by atoms with E-state index in [2.05, 4.69) is 15.9 Å². The summed E-state index contributed by atoms with van der Waals surface area (Å²) in [5, 5.41) is 0.174. The molecule has 0 saturated carbocycles. The molecule has 2 rings (SSSR count). The van der Waals surface area contributed by atoms with Crippen LogP contribution in [0.3, 0.4) is 0 Å². The first kappa shape index (κ1) is 20.0. The summed E-state index contributed by atoms with van der Waals surface area (Å²) in [6.07, 6.45) is -0.405. The number of amides is 2. The quantitative estimate of drug-likeness (QED) is 0.617. The number of piperazine rings is 1. The number of nitrogens with zero attached hydrogens (tertiary/aromatic N) is 2. The van der Waals surface area contributed by atoms with E-state index < -0.39 is 17.5 Å². The molecule has 138 valence electrons. The van der Waals surface area contributed by atoms with Gasteiger partial charge < -0.3 is 14.5 Å². The van der Waals surface area contributed by atoms with Gasteiger partial charge in [-0.2, -0.15) is 0 Å². The molecule has 1 fully saturated rings. The predicted molar refractivity (Wildman–Crippen MR) is 97.4 cm³/mol. The topological polar surface area (TPSA) is 49.9 Å². The van der Waals surface area contributed by atoms with Gasteiger partial charge in [-0.1, -0.05) is 11.6 Å². The van der Waals surface area contributed by atoms with Crippen molar-refractivity contribution in [2.45, 2.75) is 39.3 Å². The van der Waals surface area contributed by atoms with Gasteiger partial charge in [0.05, 0.1) is 10.6 Å². The molecule has 1 atom stereocenters. The second-order valence-corrected chi connectivity index (χ2v) is 8.26. The van der Waals surface area contributed by atoms with Crippen LogP contribution in [-0.4, -0.2) is 53.1 Å². The molecule has 1 heterocycles. The molecule has 8 heteroatoms. The molecule has 0 radical (unpaired) electrons. The van der Waals surface area contributed by atoms with E-state index in [0.717, 1.165) is 6.07 Å². The van der Waals surface area contributed by atoms with Crippen molar-refractivity contribution in [3.8, 4) is 0 Å². The molecule has 2 amide bonds. The molecule has 1 saturated heterocycles. The van der Waals surface area contributed by atoms with Crippen LogP contribution in [0.15, 0.2) is 16.6 Å². The van der Waals surface area contributed by atoms with E-state index in [1.54, 1.807) is 30.6 Å². The van der Waals surface area contributed by atoms with Crippen LogP contribution < -0.4 is 0 Å². The highest BCUT2D eigenvalue weighted by Crippen LogP contribution is 2.29. The average Bonchev–Trinajstić information content (AvgIpc) is 2.48. The Hall–Kier alpha value is -1.34. The summed E-state index contributed by atoms with van der Waals surface area (Å²) in [7, 11) is 0. The molecular weight excluding hydrogens is 415 g/mol. The molecule has 0 spiro atoms. The van der Waals surface area contributed by atoms with Crippen molar-refractivity contribution in [1.29, 1.82) is 0 Å². The van der Waals surface area contributed by atoms with Crippen LogP contribution in [0, 0.1) is 5.82 Å². The summed E-state index contributed by atoms with van der Waals surface area (Å²) in [6.45, 7) is 8.25. The van der Waals surface area contributed by atoms with Crippen molar-refractivity contribution in [2.24, 2.45) is 0 Å². The molecule has 0 aliphatic carbocycles. The molecular formula is C17H21BrClFN2O3. The van der Waals surface area contributed by atoms with Crippen molar-refractivity contribution >= 4 is 39.5 Å². The van der Waals surface area contributed by atoms with Crippen LogP contribution in [0.5, 0.6) is 0 Å². The second kappa shape index (κ2) is 7.50. The summed E-state index contributed by atoms with van der Waals surface area (Å²) in [5.41, 5.74) is -0.472. The number of ether oxygens (including phenoxy) is 1. The highest BCUT2D eigenvalue weighted by Gasteiger charge is 2.33. The summed E-state index contributed by atoms with van der Waals surface area (Å²) in [5.74, 6) is -0.902. The van der Waals surface area contributed by atoms with Gasteiger partial charge in [0.1, 0.15) is 11.4 Å². The zero-order valence-electron chi connectivity index (χ0n) is 14.6. The van der Waals surface area contributed by atoms with Gasteiger partial charge in [-0.05, 0) is 55.8 Å². The molecule has 1 aliphatic heterocycles. The Morgan fingerprint density at radius 1 is 1.32 bits per heavy atom. The van der Waals surface area contributed by atoms with Gasteiger partial charge >= 0.3 is 6.09 Å². The Labute approximate surface area is 160 Å². The lowest BCUT2D eigenvalue weighted by Gasteiger charge is -2.40. The minimum Gasteiger partial charge on any atom is -0.444 e. The summed E-state index contributed by atoms with van der Waals surface area (Å²) < 4.78 is 19.3. The second-order valence-electron chi connectivity index (χ2n) is 7.02. The number of halogens is 3. The third-order valence-electron chi connectivity index (χ3n) is 3.76. The maximum absolute atomic E-state index is 13.6. The van der Waals surface area contributed by atoms with Crippen molar-refractivity contribution in [2.75, 3.05) is 19.6 Å². The van der Waals surface area contributed by atoms with Crippen molar-refractivity contribution in [1.82, 2.24) is 9.80 Å². The molecule has 1 aromatic rings. The Kier molecular flexibility index (Phi) is 5.99. The monoisotopic (exact) mass is 434 g/mol. The summed E-state index contributed by atoms with van der Waals surface area (Å²) in [6, 6.07) is 2.10. The molecule has 0 aromatic heterocycles. The average molecular weight is 436 g/mol. The first-order valence-corrected chi connectivity index (χ1v) is 9.10. The first-order valence-electron chi connectivity index (χ1n) is 7.93. The van der Waals surface area contributed by atoms with E-state index in [0.29, 0.717) is 24.1 Å². The molecule has 5 nitrogen and oxygen atoms in total. The van der Waals surface area contributed by atoms with Crippen LogP contribution in [0.2, 0.25) is 5.02 Å². The molecule has 0 bridgehead atoms. The lowest BCUT2D eigenvalue weighted by atomic mass is 10.1. The lowest BCUT2D eigenvalue weighted by Crippen LogP contribution is -2.56. The number of carbonyl (C=O) groups is 2. The van der Waals surface area contributed by atoms with Gasteiger partial charge in [0.25, 0.3) is 5.91 Å². The van der Waals surface area contributed by atoms with Gasteiger partial charge in [-0.25, -0.2) is 9.18 Å². The molecule has 1 aromatic carbocycles. The maximum Gasteiger partial charge on any atom is 0.410 e. The fraction of sp³-hybridized carbons (Fsp3) is 0.529. The minimum atomic E-state index is -0.575. The van der Waals surface area contributed by atoms with Gasteiger partial charge in [0.15, 0.2) is 0 Å². The van der Waals surface area contributed by atoms with Crippen molar-refractivity contribution in [3.63, 3.8) is 0 Å².